The second-order valence-corrected chi connectivity index (χ2v) is 10.3. The summed E-state index contributed by atoms with van der Waals surface area (Å²) < 4.78 is 10.7. The molecule has 0 rings (SSSR count). The number of alkyl halides is 5. The minimum Gasteiger partial charge on any atom is -0.299 e. The van der Waals surface area contributed by atoms with E-state index in [0.717, 1.165) is 0 Å². The Morgan fingerprint density at radius 2 is 1.57 bits per heavy atom. The van der Waals surface area contributed by atoms with Crippen LogP contribution in [0.5, 0.6) is 0 Å². The molecule has 0 spiro atoms. The van der Waals surface area contributed by atoms with Crippen molar-refractivity contribution in [3.63, 3.8) is 0 Å². The van der Waals surface area contributed by atoms with E-state index in [0.29, 0.717) is 13.1 Å². The van der Waals surface area contributed by atoms with Gasteiger partial charge in [-0.1, -0.05) is 71.9 Å². The van der Waals surface area contributed by atoms with Crippen LogP contribution in [-0.4, -0.2) is 25.9 Å². The number of rotatable bonds is 4. The third-order valence-corrected chi connectivity index (χ3v) is 8.21. The molecule has 0 aromatic heterocycles. The largest absolute Gasteiger partial charge is 0.299 e. The van der Waals surface area contributed by atoms with Crippen LogP contribution < -0.4 is 0 Å². The summed E-state index contributed by atoms with van der Waals surface area (Å²) >= 11 is 28.2. The van der Waals surface area contributed by atoms with Gasteiger partial charge in [0.25, 0.3) is 3.53 Å². The first-order chi connectivity index (χ1) is 6.21. The summed E-state index contributed by atoms with van der Waals surface area (Å²) in [5, 5.41) is 0. The predicted octanol–water partition coefficient (Wildman–Crippen LogP) is 4.70. The topological polar surface area (TPSA) is 20.3 Å². The Labute approximate surface area is 109 Å². The second kappa shape index (κ2) is 5.82. The van der Waals surface area contributed by atoms with Gasteiger partial charge in [-0.3, -0.25) is 4.57 Å². The second-order valence-electron chi connectivity index (χ2n) is 2.51. The maximum absolute atomic E-state index is 12.4. The SMILES string of the molecule is CCN(CC)P(=O)(C(Cl)Cl)C(Cl)(Cl)Cl. The van der Waals surface area contributed by atoms with Gasteiger partial charge in [0.15, 0.2) is 4.58 Å². The van der Waals surface area contributed by atoms with Gasteiger partial charge in [-0.15, -0.1) is 0 Å². The minimum absolute atomic E-state index is 0.456. The molecule has 0 aromatic rings. The number of nitrogens with zero attached hydrogens (tertiary/aromatic N) is 1. The summed E-state index contributed by atoms with van der Waals surface area (Å²) in [7, 11) is -3.42. The first-order valence-corrected chi connectivity index (χ1v) is 7.65. The monoisotopic (exact) mass is 319 g/mol. The van der Waals surface area contributed by atoms with Crippen LogP contribution in [0.4, 0.5) is 0 Å². The van der Waals surface area contributed by atoms with Crippen molar-refractivity contribution >= 4 is 65.3 Å². The molecule has 1 atom stereocenters. The first kappa shape index (κ1) is 15.6. The van der Waals surface area contributed by atoms with Crippen LogP contribution in [0, 0.1) is 0 Å². The molecule has 2 nitrogen and oxygen atoms in total. The average molecular weight is 321 g/mol. The van der Waals surface area contributed by atoms with Gasteiger partial charge >= 0.3 is 0 Å². The zero-order valence-corrected chi connectivity index (χ0v) is 12.4. The molecule has 1 unspecified atom stereocenters. The number of hydrogen-bond acceptors (Lipinski definition) is 1. The quantitative estimate of drug-likeness (QED) is 0.553. The molecular weight excluding hydrogens is 310 g/mol. The van der Waals surface area contributed by atoms with Crippen LogP contribution >= 0.6 is 65.3 Å². The van der Waals surface area contributed by atoms with Gasteiger partial charge in [0, 0.05) is 13.1 Å². The highest BCUT2D eigenvalue weighted by Crippen LogP contribution is 2.71. The fourth-order valence-electron chi connectivity index (χ4n) is 1.04. The molecule has 0 aliphatic heterocycles. The highest BCUT2D eigenvalue weighted by Gasteiger charge is 2.52. The van der Waals surface area contributed by atoms with Crippen LogP contribution in [0.3, 0.4) is 0 Å². The molecule has 0 saturated carbocycles. The van der Waals surface area contributed by atoms with Crippen molar-refractivity contribution in [1.29, 1.82) is 0 Å². The Morgan fingerprint density at radius 3 is 1.64 bits per heavy atom. The highest BCUT2D eigenvalue weighted by molar-refractivity contribution is 7.73. The molecule has 0 radical (unpaired) electrons. The fraction of sp³-hybridized carbons (Fsp3) is 1.00. The third-order valence-electron chi connectivity index (χ3n) is 1.78. The Kier molecular flexibility index (Phi) is 6.50. The lowest BCUT2D eigenvalue weighted by Gasteiger charge is -2.35. The molecular formula is C6H11Cl5NOP. The molecule has 0 amide bonds. The molecule has 0 heterocycles. The first-order valence-electron chi connectivity index (χ1n) is 3.91. The maximum atomic E-state index is 12.4. The van der Waals surface area contributed by atoms with Gasteiger partial charge in [0.2, 0.25) is 7.29 Å². The summed E-state index contributed by atoms with van der Waals surface area (Å²) in [4.78, 5) is 0. The molecule has 0 bridgehead atoms. The molecule has 0 saturated heterocycles. The van der Waals surface area contributed by atoms with Crippen molar-refractivity contribution < 1.29 is 4.57 Å². The Balaban J connectivity index is 5.21. The van der Waals surface area contributed by atoms with Gasteiger partial charge in [-0.25, -0.2) is 4.67 Å². The minimum atomic E-state index is -3.42. The number of halogens is 5. The Morgan fingerprint density at radius 1 is 1.21 bits per heavy atom. The average Bonchev–Trinajstić information content (AvgIpc) is 2.03. The van der Waals surface area contributed by atoms with Crippen LogP contribution in [0.15, 0.2) is 0 Å². The summed E-state index contributed by atoms with van der Waals surface area (Å²) in [5.41, 5.74) is 0. The van der Waals surface area contributed by atoms with Crippen LogP contribution in [-0.2, 0) is 4.57 Å². The number of hydrogen-bond donors (Lipinski definition) is 0. The summed E-state index contributed by atoms with van der Waals surface area (Å²) in [5.74, 6) is 0. The summed E-state index contributed by atoms with van der Waals surface area (Å²) in [6, 6.07) is 0. The standard InChI is InChI=1S/C6H11Cl5NOP/c1-3-12(4-2)14(13,5(7)8)6(9,10)11/h5H,3-4H2,1-2H3. The Hall–Kier alpha value is 1.64. The summed E-state index contributed by atoms with van der Waals surface area (Å²) in [6.45, 7) is 4.50. The zero-order chi connectivity index (χ0) is 11.6. The van der Waals surface area contributed by atoms with E-state index >= 15 is 0 Å². The molecule has 14 heavy (non-hydrogen) atoms. The molecule has 0 aliphatic rings. The third kappa shape index (κ3) is 3.07. The van der Waals surface area contributed by atoms with Crippen LogP contribution in [0.25, 0.3) is 0 Å². The van der Waals surface area contributed by atoms with Crippen LogP contribution in [0.1, 0.15) is 13.8 Å². The molecule has 0 aromatic carbocycles. The zero-order valence-electron chi connectivity index (χ0n) is 7.68. The van der Waals surface area contributed by atoms with E-state index in [1.54, 1.807) is 13.8 Å². The molecule has 0 fully saturated rings. The van der Waals surface area contributed by atoms with Gasteiger partial charge in [-0.05, 0) is 0 Å². The van der Waals surface area contributed by atoms with Crippen molar-refractivity contribution in [2.24, 2.45) is 0 Å². The van der Waals surface area contributed by atoms with Gasteiger partial charge < -0.3 is 0 Å². The Bertz CT molecular complexity index is 225. The van der Waals surface area contributed by atoms with E-state index in [9.17, 15) is 4.57 Å². The van der Waals surface area contributed by atoms with E-state index in [1.807, 2.05) is 0 Å². The normalized spacial score (nSPS) is 17.5. The molecule has 0 aliphatic carbocycles. The lowest BCUT2D eigenvalue weighted by atomic mass is 10.7. The van der Waals surface area contributed by atoms with Gasteiger partial charge in [0.05, 0.1) is 0 Å². The van der Waals surface area contributed by atoms with Crippen molar-refractivity contribution in [1.82, 2.24) is 4.67 Å². The summed E-state index contributed by atoms with van der Waals surface area (Å²) in [6.07, 6.45) is 0. The van der Waals surface area contributed by atoms with E-state index in [1.165, 1.54) is 4.67 Å². The smallest absolute Gasteiger partial charge is 0.258 e. The van der Waals surface area contributed by atoms with Gasteiger partial charge in [-0.2, -0.15) is 0 Å². The maximum Gasteiger partial charge on any atom is 0.258 e. The van der Waals surface area contributed by atoms with E-state index in [-0.39, 0.29) is 0 Å². The molecule has 86 valence electrons. The van der Waals surface area contributed by atoms with E-state index in [2.05, 4.69) is 0 Å². The van der Waals surface area contributed by atoms with Gasteiger partial charge in [0.1, 0.15) is 0 Å². The van der Waals surface area contributed by atoms with Crippen molar-refractivity contribution in [3.05, 3.63) is 0 Å². The lowest BCUT2D eigenvalue weighted by Crippen LogP contribution is -2.29. The van der Waals surface area contributed by atoms with Crippen LogP contribution in [0.2, 0.25) is 0 Å². The van der Waals surface area contributed by atoms with E-state index < -0.39 is 15.4 Å². The lowest BCUT2D eigenvalue weighted by molar-refractivity contribution is 0.444. The van der Waals surface area contributed by atoms with Crippen molar-refractivity contribution in [2.45, 2.75) is 22.0 Å². The molecule has 0 N–H and O–H groups in total. The predicted molar refractivity (Wildman–Crippen MR) is 66.3 cm³/mol. The van der Waals surface area contributed by atoms with E-state index in [4.69, 9.17) is 58.0 Å². The highest BCUT2D eigenvalue weighted by atomic mass is 35.6. The molecule has 8 heteroatoms. The van der Waals surface area contributed by atoms with Crippen molar-refractivity contribution in [3.8, 4) is 0 Å². The van der Waals surface area contributed by atoms with Crippen molar-refractivity contribution in [2.75, 3.05) is 13.1 Å². The fourth-order valence-corrected chi connectivity index (χ4v) is 7.03.